The van der Waals surface area contributed by atoms with Crippen LogP contribution in [0.15, 0.2) is 42.5 Å². The highest BCUT2D eigenvalue weighted by atomic mass is 19.3. The maximum absolute atomic E-state index is 12.5. The Morgan fingerprint density at radius 2 is 1.63 bits per heavy atom. The molecule has 0 fully saturated rings. The van der Waals surface area contributed by atoms with E-state index in [2.05, 4.69) is 10.1 Å². The van der Waals surface area contributed by atoms with E-state index in [4.69, 9.17) is 14.2 Å². The lowest BCUT2D eigenvalue weighted by molar-refractivity contribution is -0.111. The topological polar surface area (TPSA) is 66.0 Å². The summed E-state index contributed by atoms with van der Waals surface area (Å²) in [6, 6.07) is 9.36. The molecule has 2 rings (SSSR count). The lowest BCUT2D eigenvalue weighted by atomic mass is 10.2. The van der Waals surface area contributed by atoms with Crippen molar-refractivity contribution >= 4 is 17.7 Å². The van der Waals surface area contributed by atoms with E-state index in [1.807, 2.05) is 0 Å². The van der Waals surface area contributed by atoms with Gasteiger partial charge in [-0.05, 0) is 35.9 Å². The summed E-state index contributed by atoms with van der Waals surface area (Å²) in [6.07, 6.45) is 2.87. The Morgan fingerprint density at radius 1 is 0.963 bits per heavy atom. The largest absolute Gasteiger partial charge is 0.497 e. The van der Waals surface area contributed by atoms with Gasteiger partial charge < -0.3 is 24.3 Å². The van der Waals surface area contributed by atoms with Crippen LogP contribution in [0.25, 0.3) is 6.08 Å². The second-order valence-electron chi connectivity index (χ2n) is 5.21. The Bertz CT molecular complexity index is 801. The summed E-state index contributed by atoms with van der Waals surface area (Å²) < 4.78 is 44.6. The number of methoxy groups -OCH3 is 3. The van der Waals surface area contributed by atoms with E-state index in [-0.39, 0.29) is 17.2 Å². The van der Waals surface area contributed by atoms with Gasteiger partial charge >= 0.3 is 6.61 Å². The minimum absolute atomic E-state index is 0.132. The highest BCUT2D eigenvalue weighted by Gasteiger charge is 2.12. The van der Waals surface area contributed by atoms with Gasteiger partial charge in [0.25, 0.3) is 0 Å². The van der Waals surface area contributed by atoms with Crippen molar-refractivity contribution < 1.29 is 32.5 Å². The fourth-order valence-corrected chi connectivity index (χ4v) is 2.22. The Kier molecular flexibility index (Phi) is 6.99. The molecule has 2 aromatic carbocycles. The first kappa shape index (κ1) is 20.0. The summed E-state index contributed by atoms with van der Waals surface area (Å²) in [6.45, 7) is -3.01. The van der Waals surface area contributed by atoms with Crippen LogP contribution < -0.4 is 24.3 Å². The van der Waals surface area contributed by atoms with Crippen molar-refractivity contribution in [3.8, 4) is 23.0 Å². The summed E-state index contributed by atoms with van der Waals surface area (Å²) in [7, 11) is 4.38. The Morgan fingerprint density at radius 3 is 2.19 bits per heavy atom. The number of halogens is 2. The summed E-state index contributed by atoms with van der Waals surface area (Å²) in [5.74, 6) is 0.667. The van der Waals surface area contributed by atoms with E-state index in [0.29, 0.717) is 17.1 Å². The zero-order valence-electron chi connectivity index (χ0n) is 15.0. The molecule has 0 spiro atoms. The van der Waals surface area contributed by atoms with E-state index in [1.165, 1.54) is 45.6 Å². The first-order valence-electron chi connectivity index (χ1n) is 7.80. The summed E-state index contributed by atoms with van der Waals surface area (Å²) in [5, 5.41) is 2.57. The van der Waals surface area contributed by atoms with E-state index >= 15 is 0 Å². The summed E-state index contributed by atoms with van der Waals surface area (Å²) >= 11 is 0. The molecule has 0 saturated carbocycles. The van der Waals surface area contributed by atoms with Crippen LogP contribution >= 0.6 is 0 Å². The number of hydrogen-bond acceptors (Lipinski definition) is 5. The van der Waals surface area contributed by atoms with Crippen LogP contribution in [0, 0.1) is 0 Å². The summed E-state index contributed by atoms with van der Waals surface area (Å²) in [4.78, 5) is 12.1. The van der Waals surface area contributed by atoms with Crippen molar-refractivity contribution in [3.63, 3.8) is 0 Å². The third-order valence-corrected chi connectivity index (χ3v) is 3.45. The van der Waals surface area contributed by atoms with Gasteiger partial charge in [0.15, 0.2) is 11.5 Å². The number of amides is 1. The number of hydrogen-bond donors (Lipinski definition) is 1. The Labute approximate surface area is 155 Å². The molecular formula is C19H19F2NO5. The van der Waals surface area contributed by atoms with Gasteiger partial charge in [0, 0.05) is 23.9 Å². The van der Waals surface area contributed by atoms with E-state index in [9.17, 15) is 13.6 Å². The number of benzene rings is 2. The Hall–Kier alpha value is -3.29. The fourth-order valence-electron chi connectivity index (χ4n) is 2.22. The molecule has 27 heavy (non-hydrogen) atoms. The van der Waals surface area contributed by atoms with Crippen LogP contribution in [0.3, 0.4) is 0 Å². The molecule has 2 aromatic rings. The normalized spacial score (nSPS) is 10.7. The molecule has 0 bridgehead atoms. The standard InChI is InChI=1S/C19H19F2NO5/c1-24-14-8-12(9-15(11-14)25-2)4-7-18(23)22-13-5-6-16(26-3)17(10-13)27-19(20)21/h4-11,19H,1-3H3,(H,22,23). The van der Waals surface area contributed by atoms with Gasteiger partial charge in [0.2, 0.25) is 5.91 Å². The quantitative estimate of drug-likeness (QED) is 0.703. The van der Waals surface area contributed by atoms with Crippen LogP contribution in [-0.2, 0) is 4.79 Å². The van der Waals surface area contributed by atoms with Crippen LogP contribution in [0.5, 0.6) is 23.0 Å². The first-order chi connectivity index (χ1) is 12.9. The smallest absolute Gasteiger partial charge is 0.387 e. The van der Waals surface area contributed by atoms with Crippen molar-refractivity contribution in [2.45, 2.75) is 6.61 Å². The number of alkyl halides is 2. The predicted molar refractivity (Wildman–Crippen MR) is 96.8 cm³/mol. The summed E-state index contributed by atoms with van der Waals surface area (Å²) in [5.41, 5.74) is 0.974. The van der Waals surface area contributed by atoms with Gasteiger partial charge in [0.1, 0.15) is 11.5 Å². The van der Waals surface area contributed by atoms with E-state index < -0.39 is 12.5 Å². The second kappa shape index (κ2) is 9.42. The predicted octanol–water partition coefficient (Wildman–Crippen LogP) is 3.97. The maximum Gasteiger partial charge on any atom is 0.387 e. The molecule has 0 unspecified atom stereocenters. The minimum Gasteiger partial charge on any atom is -0.497 e. The molecule has 0 heterocycles. The second-order valence-corrected chi connectivity index (χ2v) is 5.21. The molecule has 0 aliphatic rings. The van der Waals surface area contributed by atoms with Crippen LogP contribution in [-0.4, -0.2) is 33.8 Å². The lowest BCUT2D eigenvalue weighted by Crippen LogP contribution is -2.09. The van der Waals surface area contributed by atoms with E-state index in [0.717, 1.165) is 0 Å². The maximum atomic E-state index is 12.5. The SMILES string of the molecule is COc1cc(C=CC(=O)Nc2ccc(OC)c(OC(F)F)c2)cc(OC)c1. The molecule has 1 amide bonds. The molecule has 0 saturated heterocycles. The number of carbonyl (C=O) groups is 1. The number of rotatable bonds is 8. The molecule has 144 valence electrons. The average molecular weight is 379 g/mol. The van der Waals surface area contributed by atoms with Gasteiger partial charge in [0.05, 0.1) is 21.3 Å². The van der Waals surface area contributed by atoms with Gasteiger partial charge in [-0.25, -0.2) is 0 Å². The van der Waals surface area contributed by atoms with Crippen molar-refractivity contribution in [2.24, 2.45) is 0 Å². The molecule has 6 nitrogen and oxygen atoms in total. The van der Waals surface area contributed by atoms with Gasteiger partial charge in [-0.3, -0.25) is 4.79 Å². The molecule has 8 heteroatoms. The molecule has 0 aromatic heterocycles. The van der Waals surface area contributed by atoms with Crippen molar-refractivity contribution in [2.75, 3.05) is 26.6 Å². The van der Waals surface area contributed by atoms with Gasteiger partial charge in [-0.1, -0.05) is 0 Å². The number of nitrogens with one attached hydrogen (secondary N) is 1. The molecule has 0 aliphatic heterocycles. The zero-order chi connectivity index (χ0) is 19.8. The molecular weight excluding hydrogens is 360 g/mol. The average Bonchev–Trinajstić information content (AvgIpc) is 2.65. The third-order valence-electron chi connectivity index (χ3n) is 3.45. The molecule has 0 atom stereocenters. The number of ether oxygens (including phenoxy) is 4. The van der Waals surface area contributed by atoms with E-state index in [1.54, 1.807) is 24.3 Å². The van der Waals surface area contributed by atoms with Crippen molar-refractivity contribution in [1.82, 2.24) is 0 Å². The lowest BCUT2D eigenvalue weighted by Gasteiger charge is -2.11. The monoisotopic (exact) mass is 379 g/mol. The van der Waals surface area contributed by atoms with Crippen LogP contribution in [0.4, 0.5) is 14.5 Å². The number of anilines is 1. The molecule has 0 radical (unpaired) electrons. The number of carbonyl (C=O) groups excluding carboxylic acids is 1. The minimum atomic E-state index is -3.01. The van der Waals surface area contributed by atoms with Crippen molar-refractivity contribution in [1.29, 1.82) is 0 Å². The van der Waals surface area contributed by atoms with Crippen molar-refractivity contribution in [3.05, 3.63) is 48.0 Å². The first-order valence-corrected chi connectivity index (χ1v) is 7.80. The Balaban J connectivity index is 2.12. The highest BCUT2D eigenvalue weighted by molar-refractivity contribution is 6.02. The fraction of sp³-hybridized carbons (Fsp3) is 0.211. The van der Waals surface area contributed by atoms with Crippen LogP contribution in [0.2, 0.25) is 0 Å². The zero-order valence-corrected chi connectivity index (χ0v) is 15.0. The molecule has 0 aliphatic carbocycles. The molecule has 1 N–H and O–H groups in total. The van der Waals surface area contributed by atoms with Gasteiger partial charge in [-0.15, -0.1) is 0 Å². The highest BCUT2D eigenvalue weighted by Crippen LogP contribution is 2.31. The van der Waals surface area contributed by atoms with Crippen LogP contribution in [0.1, 0.15) is 5.56 Å². The van der Waals surface area contributed by atoms with Gasteiger partial charge in [-0.2, -0.15) is 8.78 Å². The third kappa shape index (κ3) is 5.88.